The van der Waals surface area contributed by atoms with Crippen molar-refractivity contribution in [1.29, 1.82) is 0 Å². The maximum atomic E-state index is 9.74. The summed E-state index contributed by atoms with van der Waals surface area (Å²) in [5, 5.41) is 38.0. The number of hydrogen-bond donors (Lipinski definition) is 5. The Morgan fingerprint density at radius 2 is 1.55 bits per heavy atom. The Labute approximate surface area is 125 Å². The van der Waals surface area contributed by atoms with Gasteiger partial charge in [-0.2, -0.15) is 12.6 Å². The van der Waals surface area contributed by atoms with Crippen LogP contribution < -0.4 is 0 Å². The number of hydrogen-bond acceptors (Lipinski definition) is 7. The van der Waals surface area contributed by atoms with Crippen LogP contribution in [0, 0.1) is 0 Å². The summed E-state index contributed by atoms with van der Waals surface area (Å²) in [7, 11) is 0. The van der Waals surface area contributed by atoms with E-state index < -0.39 is 37.3 Å². The zero-order chi connectivity index (χ0) is 15.0. The smallest absolute Gasteiger partial charge is 0.186 e. The van der Waals surface area contributed by atoms with Gasteiger partial charge in [-0.25, -0.2) is 0 Å². The largest absolute Gasteiger partial charge is 0.394 e. The van der Waals surface area contributed by atoms with Crippen molar-refractivity contribution in [3.63, 3.8) is 0 Å². The summed E-state index contributed by atoms with van der Waals surface area (Å²) < 4.78 is 10.6. The zero-order valence-corrected chi connectivity index (χ0v) is 12.5. The van der Waals surface area contributed by atoms with Crippen LogP contribution in [0.1, 0.15) is 32.1 Å². The van der Waals surface area contributed by atoms with Crippen molar-refractivity contribution < 1.29 is 29.9 Å². The highest BCUT2D eigenvalue weighted by molar-refractivity contribution is 7.80. The van der Waals surface area contributed by atoms with E-state index in [-0.39, 0.29) is 0 Å². The summed E-state index contributed by atoms with van der Waals surface area (Å²) in [4.78, 5) is 0. The molecule has 1 aliphatic rings. The molecule has 4 N–H and O–H groups in total. The quantitative estimate of drug-likeness (QED) is 0.296. The van der Waals surface area contributed by atoms with Crippen molar-refractivity contribution in [3.8, 4) is 0 Å². The molecule has 1 heterocycles. The zero-order valence-electron chi connectivity index (χ0n) is 11.6. The average molecular weight is 310 g/mol. The van der Waals surface area contributed by atoms with Gasteiger partial charge in [0.1, 0.15) is 24.4 Å². The minimum Gasteiger partial charge on any atom is -0.394 e. The summed E-state index contributed by atoms with van der Waals surface area (Å²) in [6.07, 6.45) is -0.725. The highest BCUT2D eigenvalue weighted by Gasteiger charge is 2.43. The van der Waals surface area contributed by atoms with Crippen LogP contribution >= 0.6 is 12.6 Å². The second-order valence-electron chi connectivity index (χ2n) is 5.06. The van der Waals surface area contributed by atoms with Crippen LogP contribution in [0.4, 0.5) is 0 Å². The molecule has 120 valence electrons. The van der Waals surface area contributed by atoms with Crippen LogP contribution in [0.3, 0.4) is 0 Å². The highest BCUT2D eigenvalue weighted by Crippen LogP contribution is 2.22. The van der Waals surface area contributed by atoms with Gasteiger partial charge in [0.05, 0.1) is 6.61 Å². The predicted molar refractivity (Wildman–Crippen MR) is 76.7 cm³/mol. The van der Waals surface area contributed by atoms with Crippen molar-refractivity contribution >= 4 is 12.6 Å². The molecule has 1 saturated heterocycles. The minimum absolute atomic E-state index is 0.406. The van der Waals surface area contributed by atoms with Crippen LogP contribution in [-0.2, 0) is 9.47 Å². The Hall–Kier alpha value is 0.110. The molecule has 0 radical (unpaired) electrons. The fourth-order valence-corrected chi connectivity index (χ4v) is 2.37. The SMILES string of the molecule is OCC1O[C@@H](OCCCCCCCS)[C@@H](O)C(O)[C@H]1O. The van der Waals surface area contributed by atoms with Gasteiger partial charge >= 0.3 is 0 Å². The third kappa shape index (κ3) is 5.48. The Morgan fingerprint density at radius 3 is 2.20 bits per heavy atom. The van der Waals surface area contributed by atoms with Crippen molar-refractivity contribution in [2.45, 2.75) is 62.8 Å². The molecule has 1 aliphatic heterocycles. The molecule has 0 amide bonds. The highest BCUT2D eigenvalue weighted by atomic mass is 32.1. The molecular formula is C13H26O6S. The molecule has 1 fully saturated rings. The number of thiol groups is 1. The molecule has 0 aromatic rings. The lowest BCUT2D eigenvalue weighted by atomic mass is 9.99. The van der Waals surface area contributed by atoms with E-state index in [0.29, 0.717) is 6.61 Å². The van der Waals surface area contributed by atoms with E-state index in [4.69, 9.17) is 14.6 Å². The summed E-state index contributed by atoms with van der Waals surface area (Å²) in [6, 6.07) is 0. The monoisotopic (exact) mass is 310 g/mol. The first kappa shape index (κ1) is 18.2. The van der Waals surface area contributed by atoms with Gasteiger partial charge in [0.25, 0.3) is 0 Å². The summed E-state index contributed by atoms with van der Waals surface area (Å²) in [5.41, 5.74) is 0. The van der Waals surface area contributed by atoms with Crippen LogP contribution in [0.15, 0.2) is 0 Å². The van der Waals surface area contributed by atoms with E-state index in [1.165, 1.54) is 0 Å². The van der Waals surface area contributed by atoms with Crippen LogP contribution in [0.5, 0.6) is 0 Å². The first-order valence-electron chi connectivity index (χ1n) is 7.14. The molecule has 5 atom stereocenters. The van der Waals surface area contributed by atoms with Crippen LogP contribution in [0.2, 0.25) is 0 Å². The van der Waals surface area contributed by atoms with Gasteiger partial charge in [-0.1, -0.05) is 19.3 Å². The Bertz CT molecular complexity index is 253. The van der Waals surface area contributed by atoms with Gasteiger partial charge in [0.2, 0.25) is 0 Å². The molecule has 0 aromatic heterocycles. The van der Waals surface area contributed by atoms with E-state index in [0.717, 1.165) is 37.9 Å². The first-order chi connectivity index (χ1) is 9.61. The normalized spacial score (nSPS) is 34.4. The van der Waals surface area contributed by atoms with Crippen LogP contribution in [0.25, 0.3) is 0 Å². The Morgan fingerprint density at radius 1 is 0.900 bits per heavy atom. The third-order valence-corrected chi connectivity index (χ3v) is 3.75. The molecule has 1 rings (SSSR count). The molecule has 0 spiro atoms. The Kier molecular flexibility index (Phi) is 9.03. The fraction of sp³-hybridized carbons (Fsp3) is 1.00. The topological polar surface area (TPSA) is 99.4 Å². The minimum atomic E-state index is -1.37. The number of rotatable bonds is 9. The standard InChI is InChI=1S/C13H26O6S/c14-8-9-10(15)11(16)12(17)13(19-9)18-6-4-2-1-3-5-7-20/h9-17,20H,1-8H2/t9?,10-,11?,12-,13+/m0/s1. The molecular weight excluding hydrogens is 284 g/mol. The number of aliphatic hydroxyl groups excluding tert-OH is 4. The summed E-state index contributed by atoms with van der Waals surface area (Å²) >= 11 is 4.14. The molecule has 0 bridgehead atoms. The lowest BCUT2D eigenvalue weighted by Gasteiger charge is -2.39. The molecule has 20 heavy (non-hydrogen) atoms. The predicted octanol–water partition coefficient (Wildman–Crippen LogP) is -0.317. The van der Waals surface area contributed by atoms with Crippen molar-refractivity contribution in [3.05, 3.63) is 0 Å². The second-order valence-corrected chi connectivity index (χ2v) is 5.51. The molecule has 2 unspecified atom stereocenters. The first-order valence-corrected chi connectivity index (χ1v) is 7.78. The van der Waals surface area contributed by atoms with Crippen molar-refractivity contribution in [2.24, 2.45) is 0 Å². The molecule has 0 saturated carbocycles. The van der Waals surface area contributed by atoms with Gasteiger partial charge in [-0.3, -0.25) is 0 Å². The van der Waals surface area contributed by atoms with E-state index in [1.807, 2.05) is 0 Å². The fourth-order valence-electron chi connectivity index (χ4n) is 2.15. The van der Waals surface area contributed by atoms with E-state index in [1.54, 1.807) is 0 Å². The maximum Gasteiger partial charge on any atom is 0.186 e. The number of aliphatic hydroxyl groups is 4. The average Bonchev–Trinajstić information content (AvgIpc) is 2.46. The summed E-state index contributed by atoms with van der Waals surface area (Å²) in [5.74, 6) is 0.904. The van der Waals surface area contributed by atoms with Gasteiger partial charge in [0.15, 0.2) is 6.29 Å². The number of unbranched alkanes of at least 4 members (excludes halogenated alkanes) is 4. The summed E-state index contributed by atoms with van der Waals surface area (Å²) in [6.45, 7) is -0.0297. The van der Waals surface area contributed by atoms with E-state index >= 15 is 0 Å². The van der Waals surface area contributed by atoms with Gasteiger partial charge in [-0.15, -0.1) is 0 Å². The lowest BCUT2D eigenvalue weighted by molar-refractivity contribution is -0.301. The van der Waals surface area contributed by atoms with Crippen molar-refractivity contribution in [1.82, 2.24) is 0 Å². The van der Waals surface area contributed by atoms with Gasteiger partial charge in [0, 0.05) is 6.61 Å². The van der Waals surface area contributed by atoms with Crippen molar-refractivity contribution in [2.75, 3.05) is 19.0 Å². The molecule has 7 heteroatoms. The molecule has 6 nitrogen and oxygen atoms in total. The molecule has 0 aliphatic carbocycles. The third-order valence-electron chi connectivity index (χ3n) is 3.43. The Balaban J connectivity index is 2.21. The van der Waals surface area contributed by atoms with E-state index in [2.05, 4.69) is 12.6 Å². The van der Waals surface area contributed by atoms with E-state index in [9.17, 15) is 15.3 Å². The lowest BCUT2D eigenvalue weighted by Crippen LogP contribution is -2.59. The second kappa shape index (κ2) is 9.94. The molecule has 0 aromatic carbocycles. The maximum absolute atomic E-state index is 9.74. The van der Waals surface area contributed by atoms with Gasteiger partial charge in [-0.05, 0) is 18.6 Å². The van der Waals surface area contributed by atoms with Gasteiger partial charge < -0.3 is 29.9 Å². The van der Waals surface area contributed by atoms with Crippen LogP contribution in [-0.4, -0.2) is 70.1 Å². The number of ether oxygens (including phenoxy) is 2.